The summed E-state index contributed by atoms with van der Waals surface area (Å²) in [5, 5.41) is 11.4. The van der Waals surface area contributed by atoms with E-state index in [1.165, 1.54) is 5.01 Å². The van der Waals surface area contributed by atoms with Crippen LogP contribution in [0.3, 0.4) is 0 Å². The van der Waals surface area contributed by atoms with Crippen LogP contribution in [0.4, 0.5) is 4.79 Å². The van der Waals surface area contributed by atoms with Gasteiger partial charge in [0.05, 0.1) is 18.5 Å². The van der Waals surface area contributed by atoms with Crippen LogP contribution in [0.5, 0.6) is 0 Å². The van der Waals surface area contributed by atoms with Crippen molar-refractivity contribution in [3.8, 4) is 0 Å². The highest BCUT2D eigenvalue weighted by Gasteiger charge is 2.33. The minimum absolute atomic E-state index is 0.105. The Balaban J connectivity index is 2.89. The molecule has 1 aliphatic rings. The second kappa shape index (κ2) is 11.9. The van der Waals surface area contributed by atoms with Gasteiger partial charge < -0.3 is 4.74 Å². The number of unbranched alkanes of at least 4 members (excludes halogenated alkanes) is 2. The average molecular weight is 400 g/mol. The molecule has 8 heteroatoms. The fourth-order valence-electron chi connectivity index (χ4n) is 3.36. The zero-order valence-electron chi connectivity index (χ0n) is 17.8. The summed E-state index contributed by atoms with van der Waals surface area (Å²) in [5.74, 6) is -0.983. The van der Waals surface area contributed by atoms with E-state index < -0.39 is 17.6 Å². The second-order valence-electron chi connectivity index (χ2n) is 8.54. The number of hydrazine groups is 1. The monoisotopic (exact) mass is 399 g/mol. The van der Waals surface area contributed by atoms with E-state index in [0.717, 1.165) is 51.4 Å². The highest BCUT2D eigenvalue weighted by molar-refractivity contribution is 5.81. The molecule has 1 atom stereocenters. The van der Waals surface area contributed by atoms with Gasteiger partial charge in [0.1, 0.15) is 5.60 Å². The fraction of sp³-hybridized carbons (Fsp3) is 0.850. The number of amides is 3. The van der Waals surface area contributed by atoms with Crippen molar-refractivity contribution in [1.29, 1.82) is 0 Å². The zero-order valence-corrected chi connectivity index (χ0v) is 17.8. The number of rotatable bonds is 9. The summed E-state index contributed by atoms with van der Waals surface area (Å²) in [4.78, 5) is 36.4. The van der Waals surface area contributed by atoms with Gasteiger partial charge in [-0.1, -0.05) is 45.4 Å². The Morgan fingerprint density at radius 3 is 2.39 bits per heavy atom. The molecule has 0 spiro atoms. The number of hydrogen-bond acceptors (Lipinski definition) is 5. The highest BCUT2D eigenvalue weighted by Crippen LogP contribution is 2.24. The molecule has 3 amide bonds. The molecule has 0 heterocycles. The summed E-state index contributed by atoms with van der Waals surface area (Å²) in [6.45, 7) is 7.31. The molecule has 0 radical (unpaired) electrons. The Morgan fingerprint density at radius 2 is 1.86 bits per heavy atom. The van der Waals surface area contributed by atoms with Crippen molar-refractivity contribution < 1.29 is 24.3 Å². The first kappa shape index (κ1) is 24.2. The maximum absolute atomic E-state index is 12.9. The molecule has 28 heavy (non-hydrogen) atoms. The van der Waals surface area contributed by atoms with Crippen LogP contribution in [-0.4, -0.2) is 51.9 Å². The van der Waals surface area contributed by atoms with Crippen molar-refractivity contribution in [2.45, 2.75) is 97.1 Å². The van der Waals surface area contributed by atoms with E-state index in [2.05, 4.69) is 12.3 Å². The normalized spacial score (nSPS) is 16.2. The van der Waals surface area contributed by atoms with Gasteiger partial charge in [0, 0.05) is 0 Å². The quantitative estimate of drug-likeness (QED) is 0.267. The molecule has 1 saturated carbocycles. The lowest BCUT2D eigenvalue weighted by Crippen LogP contribution is -2.56. The van der Waals surface area contributed by atoms with Crippen molar-refractivity contribution in [3.05, 3.63) is 0 Å². The van der Waals surface area contributed by atoms with Gasteiger partial charge in [-0.2, -0.15) is 0 Å². The van der Waals surface area contributed by atoms with Gasteiger partial charge in [-0.15, -0.1) is 0 Å². The zero-order chi connectivity index (χ0) is 21.2. The van der Waals surface area contributed by atoms with E-state index in [0.29, 0.717) is 11.5 Å². The predicted molar refractivity (Wildman–Crippen MR) is 105 cm³/mol. The molecule has 162 valence electrons. The van der Waals surface area contributed by atoms with Crippen LogP contribution in [0.1, 0.15) is 85.5 Å². The second-order valence-corrected chi connectivity index (χ2v) is 8.54. The molecule has 1 aliphatic carbocycles. The topological polar surface area (TPSA) is 99.2 Å². The van der Waals surface area contributed by atoms with Crippen LogP contribution in [0.25, 0.3) is 0 Å². The number of hydrogen-bond donors (Lipinski definition) is 2. The molecule has 0 saturated heterocycles. The lowest BCUT2D eigenvalue weighted by molar-refractivity contribution is -0.155. The first-order valence-corrected chi connectivity index (χ1v) is 10.4. The Kier molecular flexibility index (Phi) is 10.3. The van der Waals surface area contributed by atoms with Crippen molar-refractivity contribution in [1.82, 2.24) is 15.5 Å². The number of hydroxylamine groups is 2. The Labute approximate surface area is 168 Å². The minimum Gasteiger partial charge on any atom is -0.442 e. The van der Waals surface area contributed by atoms with Crippen LogP contribution in [0, 0.1) is 5.92 Å². The van der Waals surface area contributed by atoms with Gasteiger partial charge in [-0.05, 0) is 40.0 Å². The largest absolute Gasteiger partial charge is 0.442 e. The van der Waals surface area contributed by atoms with Crippen LogP contribution < -0.4 is 5.43 Å². The van der Waals surface area contributed by atoms with Gasteiger partial charge in [0.25, 0.3) is 0 Å². The van der Waals surface area contributed by atoms with Crippen LogP contribution in [-0.2, 0) is 14.3 Å². The molecular weight excluding hydrogens is 362 g/mol. The Bertz CT molecular complexity index is 501. The van der Waals surface area contributed by atoms with E-state index in [9.17, 15) is 19.6 Å². The molecule has 1 unspecified atom stereocenters. The average Bonchev–Trinajstić information content (AvgIpc) is 2.64. The summed E-state index contributed by atoms with van der Waals surface area (Å²) in [6.07, 6.45) is 7.71. The molecular formula is C20H37N3O5. The highest BCUT2D eigenvalue weighted by atomic mass is 16.6. The summed E-state index contributed by atoms with van der Waals surface area (Å²) in [6, 6.07) is -0.111. The number of ether oxygens (including phenoxy) is 1. The van der Waals surface area contributed by atoms with Crippen LogP contribution in [0.15, 0.2) is 0 Å². The number of carbonyl (C=O) groups excluding carboxylic acids is 3. The SMILES string of the molecule is CCCCCC(CN(O)C=O)C(=O)NN(C(=O)OC(C)(C)C)C1CCCCC1. The first-order valence-electron chi connectivity index (χ1n) is 10.4. The third-order valence-corrected chi connectivity index (χ3v) is 4.82. The lowest BCUT2D eigenvalue weighted by Gasteiger charge is -2.36. The number of nitrogens with zero attached hydrogens (tertiary/aromatic N) is 2. The van der Waals surface area contributed by atoms with E-state index in [4.69, 9.17) is 4.74 Å². The summed E-state index contributed by atoms with van der Waals surface area (Å²) in [5.41, 5.74) is 2.06. The van der Waals surface area contributed by atoms with Crippen molar-refractivity contribution >= 4 is 18.4 Å². The van der Waals surface area contributed by atoms with Crippen LogP contribution >= 0.6 is 0 Å². The number of carbonyl (C=O) groups is 3. The predicted octanol–water partition coefficient (Wildman–Crippen LogP) is 3.63. The molecule has 0 aromatic carbocycles. The van der Waals surface area contributed by atoms with Gasteiger partial charge in [0.15, 0.2) is 0 Å². The smallest absolute Gasteiger partial charge is 0.429 e. The van der Waals surface area contributed by atoms with Gasteiger partial charge in [0.2, 0.25) is 12.3 Å². The van der Waals surface area contributed by atoms with Crippen molar-refractivity contribution in [2.24, 2.45) is 5.92 Å². The summed E-state index contributed by atoms with van der Waals surface area (Å²) in [7, 11) is 0. The van der Waals surface area contributed by atoms with E-state index >= 15 is 0 Å². The maximum atomic E-state index is 12.9. The molecule has 0 aromatic rings. The molecule has 2 N–H and O–H groups in total. The molecule has 1 fully saturated rings. The van der Waals surface area contributed by atoms with E-state index in [-0.39, 0.29) is 24.9 Å². The van der Waals surface area contributed by atoms with Gasteiger partial charge in [-0.3, -0.25) is 20.2 Å². The summed E-state index contributed by atoms with van der Waals surface area (Å²) >= 11 is 0. The summed E-state index contributed by atoms with van der Waals surface area (Å²) < 4.78 is 5.49. The van der Waals surface area contributed by atoms with Gasteiger partial charge in [-0.25, -0.2) is 14.9 Å². The van der Waals surface area contributed by atoms with Crippen molar-refractivity contribution in [2.75, 3.05) is 6.54 Å². The van der Waals surface area contributed by atoms with Crippen molar-refractivity contribution in [3.63, 3.8) is 0 Å². The molecule has 0 aliphatic heterocycles. The third kappa shape index (κ3) is 8.91. The lowest BCUT2D eigenvalue weighted by atomic mass is 9.95. The molecule has 8 nitrogen and oxygen atoms in total. The molecule has 0 aromatic heterocycles. The third-order valence-electron chi connectivity index (χ3n) is 4.82. The molecule has 1 rings (SSSR count). The standard InChI is InChI=1S/C20H37N3O5/c1-5-6-8-11-16(14-22(27)15-24)18(25)21-23(17-12-9-7-10-13-17)19(26)28-20(2,3)4/h15-17,27H,5-14H2,1-4H3,(H,21,25). The fourth-order valence-corrected chi connectivity index (χ4v) is 3.36. The van der Waals surface area contributed by atoms with Crippen LogP contribution in [0.2, 0.25) is 0 Å². The first-order chi connectivity index (χ1) is 13.2. The Hall–Kier alpha value is -1.83. The number of nitrogens with one attached hydrogen (secondary N) is 1. The maximum Gasteiger partial charge on any atom is 0.429 e. The van der Waals surface area contributed by atoms with E-state index in [1.54, 1.807) is 20.8 Å². The van der Waals surface area contributed by atoms with E-state index in [1.807, 2.05) is 0 Å². The van der Waals surface area contributed by atoms with Gasteiger partial charge >= 0.3 is 6.09 Å². The Morgan fingerprint density at radius 1 is 1.21 bits per heavy atom. The minimum atomic E-state index is -0.672. The molecule has 0 bridgehead atoms.